The molecule has 0 aromatic heterocycles. The van der Waals surface area contributed by atoms with E-state index in [1.807, 2.05) is 82.3 Å². The first-order chi connectivity index (χ1) is 15.8. The maximum Gasteiger partial charge on any atom is 0.276 e. The Bertz CT molecular complexity index is 1120. The number of amides is 2. The molecule has 33 heavy (non-hydrogen) atoms. The molecule has 3 aromatic carbocycles. The summed E-state index contributed by atoms with van der Waals surface area (Å²) in [5.41, 5.74) is 6.53. The normalized spacial score (nSPS) is 11.2. The van der Waals surface area contributed by atoms with Crippen LogP contribution in [-0.2, 0) is 9.59 Å². The quantitative estimate of drug-likeness (QED) is 0.362. The minimum Gasteiger partial charge on any atom is -0.493 e. The van der Waals surface area contributed by atoms with Gasteiger partial charge in [0.25, 0.3) is 5.91 Å². The third-order valence-corrected chi connectivity index (χ3v) is 5.59. The molecule has 0 fully saturated rings. The molecule has 0 saturated carbocycles. The summed E-state index contributed by atoms with van der Waals surface area (Å²) >= 11 is 0. The molecular formula is C27H32N2O4. The van der Waals surface area contributed by atoms with E-state index >= 15 is 0 Å². The van der Waals surface area contributed by atoms with E-state index < -0.39 is 11.3 Å². The smallest absolute Gasteiger partial charge is 0.276 e. The Morgan fingerprint density at radius 2 is 1.64 bits per heavy atom. The number of nitrogens with one attached hydrogen (secondary N) is 2. The van der Waals surface area contributed by atoms with Crippen LogP contribution in [-0.4, -0.2) is 25.0 Å². The Morgan fingerprint density at radius 3 is 2.45 bits per heavy atom. The summed E-state index contributed by atoms with van der Waals surface area (Å²) in [5, 5.41) is 1.97. The number of rotatable bonds is 9. The van der Waals surface area contributed by atoms with Crippen LogP contribution in [0.15, 0.2) is 60.7 Å². The monoisotopic (exact) mass is 448 g/mol. The topological polar surface area (TPSA) is 76.7 Å². The van der Waals surface area contributed by atoms with Crippen LogP contribution in [0.25, 0.3) is 10.8 Å². The highest BCUT2D eigenvalue weighted by Crippen LogP contribution is 2.25. The fourth-order valence-corrected chi connectivity index (χ4v) is 3.47. The summed E-state index contributed by atoms with van der Waals surface area (Å²) in [6, 6.07) is 19.6. The molecular weight excluding hydrogens is 416 g/mol. The summed E-state index contributed by atoms with van der Waals surface area (Å²) in [4.78, 5) is 24.8. The zero-order valence-corrected chi connectivity index (χ0v) is 19.7. The van der Waals surface area contributed by atoms with Crippen molar-refractivity contribution < 1.29 is 19.1 Å². The van der Waals surface area contributed by atoms with E-state index in [4.69, 9.17) is 9.47 Å². The molecule has 0 unspecified atom stereocenters. The molecule has 0 radical (unpaired) electrons. The van der Waals surface area contributed by atoms with E-state index in [2.05, 4.69) is 16.9 Å². The third-order valence-electron chi connectivity index (χ3n) is 5.59. The van der Waals surface area contributed by atoms with Gasteiger partial charge in [-0.2, -0.15) is 0 Å². The van der Waals surface area contributed by atoms with Crippen molar-refractivity contribution in [1.82, 2.24) is 10.9 Å². The molecule has 0 aliphatic heterocycles. The number of carbonyl (C=O) groups is 2. The van der Waals surface area contributed by atoms with Gasteiger partial charge in [-0.05, 0) is 55.3 Å². The second-order valence-corrected chi connectivity index (χ2v) is 8.87. The van der Waals surface area contributed by atoms with E-state index in [9.17, 15) is 9.59 Å². The fourth-order valence-electron chi connectivity index (χ4n) is 3.47. The van der Waals surface area contributed by atoms with Gasteiger partial charge in [0, 0.05) is 10.8 Å². The Morgan fingerprint density at radius 1 is 0.879 bits per heavy atom. The van der Waals surface area contributed by atoms with Crippen LogP contribution in [0.3, 0.4) is 0 Å². The number of ether oxygens (including phenoxy) is 2. The van der Waals surface area contributed by atoms with Crippen molar-refractivity contribution in [2.24, 2.45) is 5.41 Å². The molecule has 2 amide bonds. The molecule has 0 spiro atoms. The van der Waals surface area contributed by atoms with Crippen molar-refractivity contribution in [3.8, 4) is 11.5 Å². The van der Waals surface area contributed by atoms with Gasteiger partial charge < -0.3 is 9.47 Å². The van der Waals surface area contributed by atoms with Gasteiger partial charge in [-0.15, -0.1) is 0 Å². The fraction of sp³-hybridized carbons (Fsp3) is 0.333. The number of aryl methyl sites for hydroxylation is 2. The lowest BCUT2D eigenvalue weighted by Gasteiger charge is -2.23. The zero-order chi connectivity index (χ0) is 23.8. The number of hydrazine groups is 1. The Balaban J connectivity index is 1.41. The van der Waals surface area contributed by atoms with E-state index in [0.717, 1.165) is 27.6 Å². The van der Waals surface area contributed by atoms with Gasteiger partial charge in [0.1, 0.15) is 11.5 Å². The third kappa shape index (κ3) is 6.72. The number of carbonyl (C=O) groups excluding carboxylic acids is 2. The molecule has 0 aliphatic rings. The van der Waals surface area contributed by atoms with Crippen LogP contribution in [0.2, 0.25) is 0 Å². The molecule has 3 rings (SSSR count). The minimum absolute atomic E-state index is 0.196. The Labute approximate surface area is 195 Å². The van der Waals surface area contributed by atoms with Crippen LogP contribution >= 0.6 is 0 Å². The van der Waals surface area contributed by atoms with Gasteiger partial charge in [-0.3, -0.25) is 20.4 Å². The predicted molar refractivity (Wildman–Crippen MR) is 130 cm³/mol. The van der Waals surface area contributed by atoms with Crippen molar-refractivity contribution in [2.75, 3.05) is 13.2 Å². The molecule has 0 atom stereocenters. The van der Waals surface area contributed by atoms with Gasteiger partial charge in [0.05, 0.1) is 6.61 Å². The highest BCUT2D eigenvalue weighted by Gasteiger charge is 2.27. The lowest BCUT2D eigenvalue weighted by molar-refractivity contribution is -0.135. The van der Waals surface area contributed by atoms with Gasteiger partial charge >= 0.3 is 0 Å². The Hall–Kier alpha value is -3.54. The highest BCUT2D eigenvalue weighted by atomic mass is 16.5. The van der Waals surface area contributed by atoms with E-state index in [1.165, 1.54) is 0 Å². The average molecular weight is 449 g/mol. The number of hydrogen-bond donors (Lipinski definition) is 2. The largest absolute Gasteiger partial charge is 0.493 e. The number of fused-ring (bicyclic) bond motifs is 1. The molecule has 0 bridgehead atoms. The van der Waals surface area contributed by atoms with Crippen LogP contribution in [0.4, 0.5) is 0 Å². The summed E-state index contributed by atoms with van der Waals surface area (Å²) in [6.07, 6.45) is 1.33. The zero-order valence-electron chi connectivity index (χ0n) is 19.7. The molecule has 174 valence electrons. The van der Waals surface area contributed by atoms with Crippen molar-refractivity contribution in [1.29, 1.82) is 0 Å². The summed E-state index contributed by atoms with van der Waals surface area (Å²) < 4.78 is 11.5. The lowest BCUT2D eigenvalue weighted by Crippen LogP contribution is -2.48. The molecule has 0 aliphatic carbocycles. The first-order valence-corrected chi connectivity index (χ1v) is 11.2. The van der Waals surface area contributed by atoms with E-state index in [0.29, 0.717) is 25.2 Å². The summed E-state index contributed by atoms with van der Waals surface area (Å²) in [6.45, 7) is 8.06. The average Bonchev–Trinajstić information content (AvgIpc) is 2.80. The standard InChI is InChI=1S/C27H32N2O4/c1-19-13-14-20(2)24(17-19)32-16-8-15-27(3,4)26(31)29-28-25(30)18-33-23-12-7-10-21-9-5-6-11-22(21)23/h5-7,9-14,17H,8,15-16,18H2,1-4H3,(H,28,30)(H,29,31). The lowest BCUT2D eigenvalue weighted by atomic mass is 9.87. The number of benzene rings is 3. The maximum absolute atomic E-state index is 12.6. The predicted octanol–water partition coefficient (Wildman–Crippen LogP) is 4.87. The Kier molecular flexibility index (Phi) is 7.93. The van der Waals surface area contributed by atoms with Crippen LogP contribution in [0, 0.1) is 19.3 Å². The second kappa shape index (κ2) is 10.9. The van der Waals surface area contributed by atoms with Crippen molar-refractivity contribution in [2.45, 2.75) is 40.5 Å². The van der Waals surface area contributed by atoms with E-state index in [-0.39, 0.29) is 12.5 Å². The first kappa shape index (κ1) is 24.1. The van der Waals surface area contributed by atoms with Gasteiger partial charge in [-0.1, -0.05) is 62.4 Å². The minimum atomic E-state index is -0.658. The summed E-state index contributed by atoms with van der Waals surface area (Å²) in [5.74, 6) is 0.813. The molecule has 6 heteroatoms. The van der Waals surface area contributed by atoms with Crippen LogP contribution < -0.4 is 20.3 Å². The SMILES string of the molecule is Cc1ccc(C)c(OCCCC(C)(C)C(=O)NNC(=O)COc2cccc3ccccc23)c1. The molecule has 2 N–H and O–H groups in total. The van der Waals surface area contributed by atoms with E-state index in [1.54, 1.807) is 0 Å². The van der Waals surface area contributed by atoms with Crippen molar-refractivity contribution in [3.63, 3.8) is 0 Å². The van der Waals surface area contributed by atoms with Gasteiger partial charge in [0.2, 0.25) is 5.91 Å². The molecule has 0 saturated heterocycles. The molecule has 3 aromatic rings. The molecule has 0 heterocycles. The number of hydrogen-bond acceptors (Lipinski definition) is 4. The highest BCUT2D eigenvalue weighted by molar-refractivity contribution is 5.89. The maximum atomic E-state index is 12.6. The van der Waals surface area contributed by atoms with Crippen molar-refractivity contribution in [3.05, 3.63) is 71.8 Å². The molecule has 6 nitrogen and oxygen atoms in total. The van der Waals surface area contributed by atoms with Crippen LogP contribution in [0.5, 0.6) is 11.5 Å². The first-order valence-electron chi connectivity index (χ1n) is 11.2. The van der Waals surface area contributed by atoms with Gasteiger partial charge in [0.15, 0.2) is 6.61 Å². The second-order valence-electron chi connectivity index (χ2n) is 8.87. The summed E-state index contributed by atoms with van der Waals surface area (Å²) in [7, 11) is 0. The van der Waals surface area contributed by atoms with Gasteiger partial charge in [-0.25, -0.2) is 0 Å². The van der Waals surface area contributed by atoms with Crippen molar-refractivity contribution >= 4 is 22.6 Å². The van der Waals surface area contributed by atoms with Crippen LogP contribution in [0.1, 0.15) is 37.8 Å².